The van der Waals surface area contributed by atoms with Gasteiger partial charge in [-0.1, -0.05) is 18.1 Å². The summed E-state index contributed by atoms with van der Waals surface area (Å²) >= 11 is 0. The lowest BCUT2D eigenvalue weighted by molar-refractivity contribution is 0.288. The van der Waals surface area contributed by atoms with E-state index in [1.54, 1.807) is 4.68 Å². The van der Waals surface area contributed by atoms with E-state index in [0.717, 1.165) is 18.7 Å². The van der Waals surface area contributed by atoms with Crippen molar-refractivity contribution in [2.75, 3.05) is 39.0 Å². The molecule has 1 N–H and O–H groups in total. The number of nitrogens with one attached hydrogen (secondary N) is 1. The van der Waals surface area contributed by atoms with E-state index in [2.05, 4.69) is 20.5 Å². The van der Waals surface area contributed by atoms with E-state index in [9.17, 15) is 8.42 Å². The number of hydrogen-bond donors (Lipinski definition) is 1. The number of sulfone groups is 1. The molecule has 2 aliphatic rings. The molecule has 8 heteroatoms. The number of likely N-dealkylation sites (tertiary alicyclic amines) is 1. The maximum Gasteiger partial charge on any atom is 0.153 e. The van der Waals surface area contributed by atoms with Crippen LogP contribution in [0.2, 0.25) is 0 Å². The van der Waals surface area contributed by atoms with Gasteiger partial charge in [0.2, 0.25) is 0 Å². The molecule has 2 atom stereocenters. The molecule has 0 amide bonds. The van der Waals surface area contributed by atoms with E-state index in [0.29, 0.717) is 13.1 Å². The molecule has 0 unspecified atom stereocenters. The molecular weight excluding hydrogens is 314 g/mol. The van der Waals surface area contributed by atoms with E-state index in [1.807, 2.05) is 6.20 Å². The van der Waals surface area contributed by atoms with Crippen molar-refractivity contribution in [1.82, 2.24) is 25.2 Å². The molecular formula is C15H27N5O2S. The Bertz CT molecular complexity index is 607. The zero-order valence-electron chi connectivity index (χ0n) is 13.8. The number of hydrogen-bond acceptors (Lipinski definition) is 6. The van der Waals surface area contributed by atoms with Crippen LogP contribution in [0.15, 0.2) is 6.20 Å². The Balaban J connectivity index is 1.59. The van der Waals surface area contributed by atoms with Gasteiger partial charge in [0.05, 0.1) is 17.0 Å². The zero-order valence-corrected chi connectivity index (χ0v) is 14.6. The van der Waals surface area contributed by atoms with Gasteiger partial charge in [-0.15, -0.1) is 5.10 Å². The Labute approximate surface area is 138 Å². The van der Waals surface area contributed by atoms with Gasteiger partial charge in [0, 0.05) is 38.5 Å². The van der Waals surface area contributed by atoms with Crippen LogP contribution >= 0.6 is 0 Å². The summed E-state index contributed by atoms with van der Waals surface area (Å²) in [5, 5.41) is 11.2. The Morgan fingerprint density at radius 1 is 1.22 bits per heavy atom. The smallest absolute Gasteiger partial charge is 0.153 e. The molecule has 2 saturated heterocycles. The summed E-state index contributed by atoms with van der Waals surface area (Å²) in [6.07, 6.45) is 9.36. The van der Waals surface area contributed by atoms with Gasteiger partial charge in [-0.2, -0.15) is 0 Å². The molecule has 0 bridgehead atoms. The Morgan fingerprint density at radius 3 is 2.65 bits per heavy atom. The van der Waals surface area contributed by atoms with E-state index in [1.165, 1.54) is 45.0 Å². The molecule has 1 aromatic heterocycles. The summed E-state index contributed by atoms with van der Waals surface area (Å²) in [5.41, 5.74) is 0.952. The van der Waals surface area contributed by atoms with Crippen LogP contribution in [-0.4, -0.2) is 72.5 Å². The fourth-order valence-electron chi connectivity index (χ4n) is 3.56. The first-order valence-corrected chi connectivity index (χ1v) is 10.5. The largest absolute Gasteiger partial charge is 0.313 e. The minimum atomic E-state index is -3.08. The summed E-state index contributed by atoms with van der Waals surface area (Å²) in [4.78, 5) is 2.50. The highest BCUT2D eigenvalue weighted by atomic mass is 32.2. The van der Waals surface area contributed by atoms with Crippen molar-refractivity contribution in [2.45, 2.75) is 43.4 Å². The van der Waals surface area contributed by atoms with Crippen LogP contribution < -0.4 is 5.32 Å². The van der Waals surface area contributed by atoms with Crippen LogP contribution in [-0.2, 0) is 16.3 Å². The third-order valence-corrected chi connectivity index (χ3v) is 6.54. The second kappa shape index (κ2) is 7.27. The zero-order chi connectivity index (χ0) is 16.3. The highest BCUT2D eigenvalue weighted by Gasteiger charge is 2.36. The van der Waals surface area contributed by atoms with Crippen molar-refractivity contribution < 1.29 is 8.42 Å². The summed E-state index contributed by atoms with van der Waals surface area (Å²) in [6.45, 7) is 4.49. The minimum Gasteiger partial charge on any atom is -0.313 e. The van der Waals surface area contributed by atoms with Gasteiger partial charge < -0.3 is 10.2 Å². The Hall–Kier alpha value is -0.990. The fourth-order valence-corrected chi connectivity index (χ4v) is 4.78. The molecule has 23 heavy (non-hydrogen) atoms. The van der Waals surface area contributed by atoms with Gasteiger partial charge in [-0.3, -0.25) is 0 Å². The summed E-state index contributed by atoms with van der Waals surface area (Å²) in [7, 11) is -3.08. The minimum absolute atomic E-state index is 0.149. The lowest BCUT2D eigenvalue weighted by atomic mass is 10.2. The standard InChI is InChI=1S/C15H27N5O2S/c1-23(21,22)15-11-16-10-14(15)20-12-13(17-18-20)6-9-19-7-4-2-3-5-8-19/h12,14-16H,2-11H2,1H3/t14-,15-/m1/s1. The molecule has 0 aromatic carbocycles. The lowest BCUT2D eigenvalue weighted by Gasteiger charge is -2.18. The van der Waals surface area contributed by atoms with Crippen molar-refractivity contribution in [3.8, 4) is 0 Å². The predicted octanol–water partition coefficient (Wildman–Crippen LogP) is 0.254. The molecule has 3 rings (SSSR count). The molecule has 0 saturated carbocycles. The predicted molar refractivity (Wildman–Crippen MR) is 89.2 cm³/mol. The maximum absolute atomic E-state index is 11.9. The van der Waals surface area contributed by atoms with Gasteiger partial charge in [0.25, 0.3) is 0 Å². The number of nitrogens with zero attached hydrogens (tertiary/aromatic N) is 4. The maximum atomic E-state index is 11.9. The van der Waals surface area contributed by atoms with Crippen LogP contribution in [0.3, 0.4) is 0 Å². The normalized spacial score (nSPS) is 27.2. The molecule has 0 radical (unpaired) electrons. The first-order valence-electron chi connectivity index (χ1n) is 8.57. The van der Waals surface area contributed by atoms with Crippen molar-refractivity contribution in [3.05, 3.63) is 11.9 Å². The third kappa shape index (κ3) is 4.30. The molecule has 7 nitrogen and oxygen atoms in total. The SMILES string of the molecule is CS(=O)(=O)[C@@H]1CNC[C@H]1n1cc(CCN2CCCCCC2)nn1. The Morgan fingerprint density at radius 2 is 1.96 bits per heavy atom. The van der Waals surface area contributed by atoms with E-state index >= 15 is 0 Å². The Kier molecular flexibility index (Phi) is 5.33. The summed E-state index contributed by atoms with van der Waals surface area (Å²) < 4.78 is 25.5. The number of rotatable bonds is 5. The first kappa shape index (κ1) is 16.9. The summed E-state index contributed by atoms with van der Waals surface area (Å²) in [6, 6.07) is -0.149. The average Bonchev–Trinajstić information content (AvgIpc) is 3.09. The molecule has 1 aromatic rings. The van der Waals surface area contributed by atoms with Gasteiger partial charge in [-0.05, 0) is 25.9 Å². The van der Waals surface area contributed by atoms with Gasteiger partial charge in [0.1, 0.15) is 0 Å². The molecule has 2 aliphatic heterocycles. The van der Waals surface area contributed by atoms with Crippen LogP contribution in [0.25, 0.3) is 0 Å². The lowest BCUT2D eigenvalue weighted by Crippen LogP contribution is -2.30. The van der Waals surface area contributed by atoms with Crippen LogP contribution in [0, 0.1) is 0 Å². The highest BCUT2D eigenvalue weighted by molar-refractivity contribution is 7.91. The first-order chi connectivity index (χ1) is 11.0. The second-order valence-corrected chi connectivity index (χ2v) is 9.05. The number of aromatic nitrogens is 3. The third-order valence-electron chi connectivity index (χ3n) is 4.96. The fraction of sp³-hybridized carbons (Fsp3) is 0.867. The molecule has 2 fully saturated rings. The summed E-state index contributed by atoms with van der Waals surface area (Å²) in [5.74, 6) is 0. The van der Waals surface area contributed by atoms with Crippen molar-refractivity contribution in [1.29, 1.82) is 0 Å². The van der Waals surface area contributed by atoms with Crippen molar-refractivity contribution in [2.24, 2.45) is 0 Å². The van der Waals surface area contributed by atoms with Gasteiger partial charge in [-0.25, -0.2) is 13.1 Å². The molecule has 0 aliphatic carbocycles. The molecule has 3 heterocycles. The molecule has 130 valence electrons. The highest BCUT2D eigenvalue weighted by Crippen LogP contribution is 2.21. The van der Waals surface area contributed by atoms with Crippen LogP contribution in [0.4, 0.5) is 0 Å². The monoisotopic (exact) mass is 341 g/mol. The topological polar surface area (TPSA) is 80.1 Å². The average molecular weight is 341 g/mol. The van der Waals surface area contributed by atoms with Crippen molar-refractivity contribution in [3.63, 3.8) is 0 Å². The van der Waals surface area contributed by atoms with Gasteiger partial charge in [0.15, 0.2) is 9.84 Å². The quantitative estimate of drug-likeness (QED) is 0.827. The van der Waals surface area contributed by atoms with Gasteiger partial charge >= 0.3 is 0 Å². The van der Waals surface area contributed by atoms with E-state index in [4.69, 9.17) is 0 Å². The van der Waals surface area contributed by atoms with Crippen LogP contribution in [0.1, 0.15) is 37.4 Å². The van der Waals surface area contributed by atoms with E-state index in [-0.39, 0.29) is 6.04 Å². The van der Waals surface area contributed by atoms with E-state index < -0.39 is 15.1 Å². The second-order valence-electron chi connectivity index (χ2n) is 6.79. The van der Waals surface area contributed by atoms with Crippen LogP contribution in [0.5, 0.6) is 0 Å². The molecule has 0 spiro atoms. The van der Waals surface area contributed by atoms with Crippen molar-refractivity contribution >= 4 is 9.84 Å².